The summed E-state index contributed by atoms with van der Waals surface area (Å²) < 4.78 is 31.2. The van der Waals surface area contributed by atoms with E-state index in [4.69, 9.17) is 5.73 Å². The Hall–Kier alpha value is -0.710. The average molecular weight is 205 g/mol. The zero-order valence-corrected chi connectivity index (χ0v) is 7.93. The van der Waals surface area contributed by atoms with Crippen LogP contribution in [-0.4, -0.2) is 24.5 Å². The van der Waals surface area contributed by atoms with E-state index in [9.17, 15) is 13.6 Å². The smallest absolute Gasteiger partial charge is 0.315 e. The summed E-state index contributed by atoms with van der Waals surface area (Å²) in [5.74, 6) is -4.91. The summed E-state index contributed by atoms with van der Waals surface area (Å²) in [5, 5.41) is 0. The predicted octanol–water partition coefficient (Wildman–Crippen LogP) is 0.922. The molecule has 2 aliphatic carbocycles. The highest BCUT2D eigenvalue weighted by Gasteiger charge is 2.86. The first-order valence-electron chi connectivity index (χ1n) is 4.75. The Morgan fingerprint density at radius 2 is 2.14 bits per heavy atom. The van der Waals surface area contributed by atoms with Gasteiger partial charge in [-0.1, -0.05) is 0 Å². The molecule has 0 aliphatic heterocycles. The van der Waals surface area contributed by atoms with Gasteiger partial charge in [0.1, 0.15) is 5.92 Å². The highest BCUT2D eigenvalue weighted by atomic mass is 19.3. The summed E-state index contributed by atoms with van der Waals surface area (Å²) in [5.41, 5.74) is 4.31. The molecular formula is C9H13F2NO2. The summed E-state index contributed by atoms with van der Waals surface area (Å²) in [7, 11) is 0. The number of halogens is 2. The second-order valence-corrected chi connectivity index (χ2v) is 4.13. The summed E-state index contributed by atoms with van der Waals surface area (Å²) in [4.78, 5) is 11.2. The molecule has 0 heterocycles. The van der Waals surface area contributed by atoms with E-state index in [1.54, 1.807) is 6.92 Å². The van der Waals surface area contributed by atoms with Crippen LogP contribution >= 0.6 is 0 Å². The Morgan fingerprint density at radius 1 is 1.57 bits per heavy atom. The van der Waals surface area contributed by atoms with Gasteiger partial charge in [0.2, 0.25) is 0 Å². The van der Waals surface area contributed by atoms with Crippen molar-refractivity contribution >= 4 is 5.97 Å². The molecule has 0 aromatic rings. The van der Waals surface area contributed by atoms with Crippen LogP contribution in [0.5, 0.6) is 0 Å². The molecule has 0 saturated heterocycles. The van der Waals surface area contributed by atoms with E-state index in [1.165, 1.54) is 0 Å². The van der Waals surface area contributed by atoms with Crippen molar-refractivity contribution in [3.63, 3.8) is 0 Å². The van der Waals surface area contributed by atoms with Gasteiger partial charge < -0.3 is 10.5 Å². The van der Waals surface area contributed by atoms with Crippen molar-refractivity contribution in [3.8, 4) is 0 Å². The fourth-order valence-corrected chi connectivity index (χ4v) is 2.49. The summed E-state index contributed by atoms with van der Waals surface area (Å²) >= 11 is 0. The summed E-state index contributed by atoms with van der Waals surface area (Å²) in [6.07, 6.45) is 0.479. The van der Waals surface area contributed by atoms with E-state index in [0.717, 1.165) is 0 Å². The molecule has 2 rings (SSSR count). The Morgan fingerprint density at radius 3 is 2.57 bits per heavy atom. The molecule has 0 unspecified atom stereocenters. The average Bonchev–Trinajstić information content (AvgIpc) is 2.48. The number of nitrogens with two attached hydrogens (primary N) is 1. The molecule has 5 heteroatoms. The fraction of sp³-hybridized carbons (Fsp3) is 0.889. The molecule has 0 radical (unpaired) electrons. The highest BCUT2D eigenvalue weighted by molar-refractivity contribution is 5.80. The molecule has 2 N–H and O–H groups in total. The number of esters is 1. The van der Waals surface area contributed by atoms with Crippen LogP contribution in [0.2, 0.25) is 0 Å². The van der Waals surface area contributed by atoms with Crippen LogP contribution in [0.4, 0.5) is 8.78 Å². The Kier molecular flexibility index (Phi) is 1.86. The molecule has 14 heavy (non-hydrogen) atoms. The SMILES string of the molecule is CCOC(=O)[C@@H]1C(F)(F)C12CC(N)C2. The maximum Gasteiger partial charge on any atom is 0.315 e. The third kappa shape index (κ3) is 0.960. The van der Waals surface area contributed by atoms with Crippen LogP contribution in [0.1, 0.15) is 19.8 Å². The molecule has 0 amide bonds. The van der Waals surface area contributed by atoms with Crippen molar-refractivity contribution in [2.24, 2.45) is 17.1 Å². The third-order valence-electron chi connectivity index (χ3n) is 3.27. The lowest BCUT2D eigenvalue weighted by Gasteiger charge is -2.33. The minimum Gasteiger partial charge on any atom is -0.466 e. The van der Waals surface area contributed by atoms with E-state index in [1.807, 2.05) is 0 Å². The van der Waals surface area contributed by atoms with Crippen LogP contribution in [-0.2, 0) is 9.53 Å². The van der Waals surface area contributed by atoms with Crippen molar-refractivity contribution in [1.29, 1.82) is 0 Å². The van der Waals surface area contributed by atoms with Crippen molar-refractivity contribution < 1.29 is 18.3 Å². The number of carbonyl (C=O) groups is 1. The standard InChI is InChI=1S/C9H13F2NO2/c1-2-14-7(13)6-8(9(6,10)11)3-5(12)4-8/h5-6H,2-4,12H2,1H3/t5?,6-,8?/m0/s1. The molecule has 2 saturated carbocycles. The number of hydrogen-bond acceptors (Lipinski definition) is 3. The normalized spacial score (nSPS) is 43.1. The van der Waals surface area contributed by atoms with E-state index < -0.39 is 23.2 Å². The number of alkyl halides is 2. The molecule has 1 spiro atoms. The van der Waals surface area contributed by atoms with Crippen molar-refractivity contribution in [3.05, 3.63) is 0 Å². The molecule has 80 valence electrons. The maximum atomic E-state index is 13.3. The van der Waals surface area contributed by atoms with Gasteiger partial charge in [-0.3, -0.25) is 4.79 Å². The number of hydrogen-bond donors (Lipinski definition) is 1. The first kappa shape index (κ1) is 9.83. The van der Waals surface area contributed by atoms with Crippen molar-refractivity contribution in [2.45, 2.75) is 31.7 Å². The summed E-state index contributed by atoms with van der Waals surface area (Å²) in [6, 6.07) is -0.180. The first-order chi connectivity index (χ1) is 6.45. The molecule has 0 aromatic carbocycles. The minimum absolute atomic E-state index is 0.146. The number of ether oxygens (including phenoxy) is 1. The van der Waals surface area contributed by atoms with Crippen LogP contribution in [0.15, 0.2) is 0 Å². The lowest BCUT2D eigenvalue weighted by atomic mass is 9.75. The van der Waals surface area contributed by atoms with Gasteiger partial charge in [-0.25, -0.2) is 8.78 Å². The van der Waals surface area contributed by atoms with E-state index >= 15 is 0 Å². The predicted molar refractivity (Wildman–Crippen MR) is 44.7 cm³/mol. The zero-order chi connectivity index (χ0) is 10.6. The van der Waals surface area contributed by atoms with Gasteiger partial charge >= 0.3 is 5.97 Å². The van der Waals surface area contributed by atoms with Crippen LogP contribution in [0.3, 0.4) is 0 Å². The molecule has 3 nitrogen and oxygen atoms in total. The lowest BCUT2D eigenvalue weighted by Crippen LogP contribution is -2.41. The molecule has 1 atom stereocenters. The van der Waals surface area contributed by atoms with Gasteiger partial charge in [0.15, 0.2) is 0 Å². The molecule has 2 aliphatic rings. The van der Waals surface area contributed by atoms with Crippen molar-refractivity contribution in [2.75, 3.05) is 6.61 Å². The van der Waals surface area contributed by atoms with Gasteiger partial charge in [0, 0.05) is 6.04 Å². The van der Waals surface area contributed by atoms with Crippen LogP contribution < -0.4 is 5.73 Å². The molecule has 0 aromatic heterocycles. The second kappa shape index (κ2) is 2.66. The van der Waals surface area contributed by atoms with E-state index in [-0.39, 0.29) is 25.5 Å². The zero-order valence-electron chi connectivity index (χ0n) is 7.93. The van der Waals surface area contributed by atoms with Crippen LogP contribution in [0, 0.1) is 11.3 Å². The monoisotopic (exact) mass is 205 g/mol. The lowest BCUT2D eigenvalue weighted by molar-refractivity contribution is -0.147. The highest BCUT2D eigenvalue weighted by Crippen LogP contribution is 2.75. The third-order valence-corrected chi connectivity index (χ3v) is 3.27. The largest absolute Gasteiger partial charge is 0.466 e. The number of rotatable bonds is 2. The minimum atomic E-state index is -2.89. The van der Waals surface area contributed by atoms with Gasteiger partial charge in [-0.05, 0) is 19.8 Å². The van der Waals surface area contributed by atoms with Crippen molar-refractivity contribution in [1.82, 2.24) is 0 Å². The van der Waals surface area contributed by atoms with E-state index in [0.29, 0.717) is 0 Å². The van der Waals surface area contributed by atoms with Gasteiger partial charge in [0.25, 0.3) is 5.92 Å². The first-order valence-corrected chi connectivity index (χ1v) is 4.75. The summed E-state index contributed by atoms with van der Waals surface area (Å²) in [6.45, 7) is 1.76. The molecule has 2 fully saturated rings. The maximum absolute atomic E-state index is 13.3. The Bertz CT molecular complexity index is 274. The Balaban J connectivity index is 2.06. The van der Waals surface area contributed by atoms with E-state index in [2.05, 4.69) is 4.74 Å². The molecule has 0 bridgehead atoms. The number of carbonyl (C=O) groups excluding carboxylic acids is 1. The van der Waals surface area contributed by atoms with Gasteiger partial charge in [0.05, 0.1) is 12.0 Å². The quantitative estimate of drug-likeness (QED) is 0.682. The second-order valence-electron chi connectivity index (χ2n) is 4.13. The van der Waals surface area contributed by atoms with Crippen LogP contribution in [0.25, 0.3) is 0 Å². The van der Waals surface area contributed by atoms with Gasteiger partial charge in [-0.15, -0.1) is 0 Å². The fourth-order valence-electron chi connectivity index (χ4n) is 2.49. The molecular weight excluding hydrogens is 192 g/mol. The van der Waals surface area contributed by atoms with Gasteiger partial charge in [-0.2, -0.15) is 0 Å². The topological polar surface area (TPSA) is 52.3 Å². The Labute approximate surface area is 80.6 Å².